The van der Waals surface area contributed by atoms with E-state index < -0.39 is 0 Å². The lowest BCUT2D eigenvalue weighted by Gasteiger charge is -2.00. The van der Waals surface area contributed by atoms with Crippen LogP contribution in [0.5, 0.6) is 0 Å². The van der Waals surface area contributed by atoms with Crippen molar-refractivity contribution in [3.05, 3.63) is 0 Å². The lowest BCUT2D eigenvalue weighted by atomic mass is 10.3. The van der Waals surface area contributed by atoms with Crippen LogP contribution in [0.4, 0.5) is 0 Å². The molecule has 0 radical (unpaired) electrons. The van der Waals surface area contributed by atoms with Crippen LogP contribution >= 0.6 is 39.1 Å². The summed E-state index contributed by atoms with van der Waals surface area (Å²) < 4.78 is 0. The fourth-order valence-electron chi connectivity index (χ4n) is 0.376. The highest BCUT2D eigenvalue weighted by molar-refractivity contribution is 9.09. The van der Waals surface area contributed by atoms with Crippen molar-refractivity contribution in [3.8, 4) is 0 Å². The summed E-state index contributed by atoms with van der Waals surface area (Å²) in [6, 6.07) is 0. The molecule has 0 heterocycles. The molecule has 8 heavy (non-hydrogen) atoms. The highest BCUT2D eigenvalue weighted by atomic mass is 79.9. The standard InChI is InChI=1S/C5H9BrCl2/c6-3-1-2-5(8)4-7/h5H,1-4H2. The van der Waals surface area contributed by atoms with E-state index in [0.29, 0.717) is 5.88 Å². The van der Waals surface area contributed by atoms with E-state index in [-0.39, 0.29) is 5.38 Å². The summed E-state index contributed by atoms with van der Waals surface area (Å²) in [4.78, 5) is 0. The van der Waals surface area contributed by atoms with Crippen LogP contribution in [0.3, 0.4) is 0 Å². The highest BCUT2D eigenvalue weighted by Gasteiger charge is 1.99. The SMILES string of the molecule is ClCC(Cl)CCCBr. The van der Waals surface area contributed by atoms with Crippen molar-refractivity contribution in [2.75, 3.05) is 11.2 Å². The van der Waals surface area contributed by atoms with Crippen LogP contribution in [0.2, 0.25) is 0 Å². The molecular weight excluding hydrogens is 211 g/mol. The molecular formula is C5H9BrCl2. The Hall–Kier alpha value is 1.06. The summed E-state index contributed by atoms with van der Waals surface area (Å²) in [6.07, 6.45) is 2.12. The molecule has 0 aliphatic rings. The Kier molecular flexibility index (Phi) is 7.00. The number of rotatable bonds is 4. The molecule has 0 aromatic carbocycles. The van der Waals surface area contributed by atoms with Crippen molar-refractivity contribution in [1.29, 1.82) is 0 Å². The number of halogens is 3. The van der Waals surface area contributed by atoms with Gasteiger partial charge in [-0.2, -0.15) is 0 Å². The molecule has 0 aromatic rings. The zero-order valence-corrected chi connectivity index (χ0v) is 7.64. The Morgan fingerprint density at radius 1 is 1.50 bits per heavy atom. The second-order valence-corrected chi connectivity index (χ2v) is 3.30. The molecule has 0 saturated carbocycles. The van der Waals surface area contributed by atoms with Gasteiger partial charge in [0.1, 0.15) is 0 Å². The van der Waals surface area contributed by atoms with Crippen LogP contribution in [0.1, 0.15) is 12.8 Å². The van der Waals surface area contributed by atoms with Crippen molar-refractivity contribution in [2.45, 2.75) is 18.2 Å². The van der Waals surface area contributed by atoms with E-state index in [1.165, 1.54) is 0 Å². The van der Waals surface area contributed by atoms with Crippen LogP contribution in [0, 0.1) is 0 Å². The number of hydrogen-bond acceptors (Lipinski definition) is 0. The van der Waals surface area contributed by atoms with Crippen molar-refractivity contribution >= 4 is 39.1 Å². The average molecular weight is 220 g/mol. The summed E-state index contributed by atoms with van der Waals surface area (Å²) in [7, 11) is 0. The van der Waals surface area contributed by atoms with E-state index >= 15 is 0 Å². The third kappa shape index (κ3) is 5.20. The molecule has 0 aliphatic carbocycles. The molecule has 0 fully saturated rings. The third-order valence-electron chi connectivity index (χ3n) is 0.818. The van der Waals surface area contributed by atoms with Gasteiger partial charge in [-0.25, -0.2) is 0 Å². The molecule has 0 aromatic heterocycles. The monoisotopic (exact) mass is 218 g/mol. The van der Waals surface area contributed by atoms with Gasteiger partial charge in [0, 0.05) is 16.6 Å². The van der Waals surface area contributed by atoms with E-state index in [4.69, 9.17) is 23.2 Å². The predicted molar refractivity (Wildman–Crippen MR) is 43.4 cm³/mol. The summed E-state index contributed by atoms with van der Waals surface area (Å²) in [6.45, 7) is 0. The fourth-order valence-corrected chi connectivity index (χ4v) is 1.01. The molecule has 0 saturated heterocycles. The van der Waals surface area contributed by atoms with E-state index in [2.05, 4.69) is 15.9 Å². The first-order valence-electron chi connectivity index (χ1n) is 2.57. The number of alkyl halides is 3. The molecule has 1 atom stereocenters. The maximum Gasteiger partial charge on any atom is 0.0471 e. The third-order valence-corrected chi connectivity index (χ3v) is 2.28. The van der Waals surface area contributed by atoms with Gasteiger partial charge >= 0.3 is 0 Å². The molecule has 0 bridgehead atoms. The predicted octanol–water partition coefficient (Wildman–Crippen LogP) is 3.01. The maximum atomic E-state index is 5.69. The summed E-state index contributed by atoms with van der Waals surface area (Å²) >= 11 is 14.4. The maximum absolute atomic E-state index is 5.69. The van der Waals surface area contributed by atoms with Crippen LogP contribution in [-0.2, 0) is 0 Å². The molecule has 1 unspecified atom stereocenters. The summed E-state index contributed by atoms with van der Waals surface area (Å²) in [5.74, 6) is 0.564. The largest absolute Gasteiger partial charge is 0.125 e. The first kappa shape index (κ1) is 9.06. The Labute approximate surface area is 68.7 Å². The molecule has 0 rings (SSSR count). The van der Waals surface area contributed by atoms with Gasteiger partial charge in [0.15, 0.2) is 0 Å². The summed E-state index contributed by atoms with van der Waals surface area (Å²) in [5, 5.41) is 1.18. The molecule has 3 heteroatoms. The van der Waals surface area contributed by atoms with Gasteiger partial charge in [-0.3, -0.25) is 0 Å². The molecule has 0 nitrogen and oxygen atoms in total. The normalized spacial score (nSPS) is 13.9. The first-order chi connectivity index (χ1) is 3.81. The molecule has 50 valence electrons. The van der Waals surface area contributed by atoms with E-state index in [9.17, 15) is 0 Å². The first-order valence-corrected chi connectivity index (χ1v) is 4.66. The zero-order chi connectivity index (χ0) is 6.41. The van der Waals surface area contributed by atoms with Gasteiger partial charge in [-0.1, -0.05) is 15.9 Å². The van der Waals surface area contributed by atoms with Crippen LogP contribution in [0.25, 0.3) is 0 Å². The van der Waals surface area contributed by atoms with Gasteiger partial charge in [-0.15, -0.1) is 23.2 Å². The molecule has 0 N–H and O–H groups in total. The zero-order valence-electron chi connectivity index (χ0n) is 4.54. The van der Waals surface area contributed by atoms with E-state index in [1.807, 2.05) is 0 Å². The quantitative estimate of drug-likeness (QED) is 0.638. The van der Waals surface area contributed by atoms with Crippen molar-refractivity contribution in [3.63, 3.8) is 0 Å². The lowest BCUT2D eigenvalue weighted by molar-refractivity contribution is 0.794. The minimum Gasteiger partial charge on any atom is -0.125 e. The Morgan fingerprint density at radius 3 is 2.50 bits per heavy atom. The van der Waals surface area contributed by atoms with Gasteiger partial charge in [-0.05, 0) is 12.8 Å². The fraction of sp³-hybridized carbons (Fsp3) is 1.00. The average Bonchev–Trinajstić information content (AvgIpc) is 1.83. The Bertz CT molecular complexity index is 49.7. The molecule has 0 spiro atoms. The topological polar surface area (TPSA) is 0 Å². The Balaban J connectivity index is 2.86. The summed E-state index contributed by atoms with van der Waals surface area (Å²) in [5.41, 5.74) is 0. The van der Waals surface area contributed by atoms with Crippen molar-refractivity contribution in [2.24, 2.45) is 0 Å². The van der Waals surface area contributed by atoms with Gasteiger partial charge in [0.2, 0.25) is 0 Å². The molecule has 0 aliphatic heterocycles. The highest BCUT2D eigenvalue weighted by Crippen LogP contribution is 2.07. The van der Waals surface area contributed by atoms with Crippen LogP contribution < -0.4 is 0 Å². The van der Waals surface area contributed by atoms with Crippen molar-refractivity contribution < 1.29 is 0 Å². The second-order valence-electron chi connectivity index (χ2n) is 1.58. The van der Waals surface area contributed by atoms with Gasteiger partial charge < -0.3 is 0 Å². The molecule has 0 amide bonds. The van der Waals surface area contributed by atoms with Crippen LogP contribution in [0.15, 0.2) is 0 Å². The van der Waals surface area contributed by atoms with Crippen molar-refractivity contribution in [1.82, 2.24) is 0 Å². The van der Waals surface area contributed by atoms with Gasteiger partial charge in [0.05, 0.1) is 0 Å². The van der Waals surface area contributed by atoms with E-state index in [0.717, 1.165) is 18.2 Å². The minimum absolute atomic E-state index is 0.161. The van der Waals surface area contributed by atoms with E-state index in [1.54, 1.807) is 0 Å². The number of hydrogen-bond donors (Lipinski definition) is 0. The minimum atomic E-state index is 0.161. The Morgan fingerprint density at radius 2 is 2.12 bits per heavy atom. The lowest BCUT2D eigenvalue weighted by Crippen LogP contribution is -1.99. The van der Waals surface area contributed by atoms with Crippen LogP contribution in [-0.4, -0.2) is 16.6 Å². The van der Waals surface area contributed by atoms with Gasteiger partial charge in [0.25, 0.3) is 0 Å². The second kappa shape index (κ2) is 6.18. The smallest absolute Gasteiger partial charge is 0.0471 e.